The maximum Gasteiger partial charge on any atom is 0.216 e. The van der Waals surface area contributed by atoms with Gasteiger partial charge in [-0.2, -0.15) is 0 Å². The molecule has 1 fully saturated rings. The first kappa shape index (κ1) is 10.4. The average Bonchev–Trinajstić information content (AvgIpc) is 1.88. The van der Waals surface area contributed by atoms with Crippen molar-refractivity contribution in [2.24, 2.45) is 5.92 Å². The Labute approximate surface area is 68.1 Å². The van der Waals surface area contributed by atoms with Gasteiger partial charge in [0.25, 0.3) is 0 Å². The molecule has 0 saturated carbocycles. The summed E-state index contributed by atoms with van der Waals surface area (Å²) in [6.07, 6.45) is 0. The third-order valence-corrected chi connectivity index (χ3v) is 1.35. The van der Waals surface area contributed by atoms with Crippen molar-refractivity contribution in [3.63, 3.8) is 0 Å². The molecule has 1 saturated heterocycles. The number of amides is 1. The maximum absolute atomic E-state index is 10.3. The molecule has 3 heteroatoms. The maximum atomic E-state index is 10.3. The van der Waals surface area contributed by atoms with Crippen LogP contribution in [-0.2, 0) is 9.53 Å². The van der Waals surface area contributed by atoms with Crippen LogP contribution in [-0.4, -0.2) is 25.7 Å². The Morgan fingerprint density at radius 3 is 2.36 bits per heavy atom. The van der Waals surface area contributed by atoms with E-state index in [0.717, 1.165) is 19.8 Å². The molecule has 3 nitrogen and oxygen atoms in total. The highest BCUT2D eigenvalue weighted by atomic mass is 16.5. The topological polar surface area (TPSA) is 38.3 Å². The molecule has 0 aromatic heterocycles. The monoisotopic (exact) mass is 159 g/mol. The van der Waals surface area contributed by atoms with Gasteiger partial charge in [0.2, 0.25) is 5.91 Å². The minimum atomic E-state index is 0.0434. The molecule has 0 spiro atoms. The largest absolute Gasteiger partial charge is 0.381 e. The fourth-order valence-corrected chi connectivity index (χ4v) is 0.690. The van der Waals surface area contributed by atoms with Crippen LogP contribution in [0.1, 0.15) is 20.8 Å². The van der Waals surface area contributed by atoms with Gasteiger partial charge in [-0.05, 0) is 0 Å². The van der Waals surface area contributed by atoms with Crippen molar-refractivity contribution in [3.8, 4) is 0 Å². The SMILES string of the molecule is CC.CC(=O)NCC1COC1. The molecule has 11 heavy (non-hydrogen) atoms. The first-order chi connectivity index (χ1) is 5.29. The molecular formula is C8H17NO2. The van der Waals surface area contributed by atoms with Gasteiger partial charge in [-0.25, -0.2) is 0 Å². The summed E-state index contributed by atoms with van der Waals surface area (Å²) < 4.78 is 4.92. The summed E-state index contributed by atoms with van der Waals surface area (Å²) in [5, 5.41) is 2.73. The molecule has 0 radical (unpaired) electrons. The number of rotatable bonds is 2. The fraction of sp³-hybridized carbons (Fsp3) is 0.875. The van der Waals surface area contributed by atoms with Crippen LogP contribution in [0.3, 0.4) is 0 Å². The zero-order valence-electron chi connectivity index (χ0n) is 7.52. The first-order valence-corrected chi connectivity index (χ1v) is 4.11. The van der Waals surface area contributed by atoms with Crippen molar-refractivity contribution in [2.75, 3.05) is 19.8 Å². The van der Waals surface area contributed by atoms with Crippen LogP contribution in [0.25, 0.3) is 0 Å². The third-order valence-electron chi connectivity index (χ3n) is 1.35. The molecule has 0 unspecified atom stereocenters. The highest BCUT2D eigenvalue weighted by Gasteiger charge is 2.17. The summed E-state index contributed by atoms with van der Waals surface area (Å²) in [6, 6.07) is 0. The Balaban J connectivity index is 0.000000461. The van der Waals surface area contributed by atoms with Gasteiger partial charge in [-0.3, -0.25) is 4.79 Å². The number of carbonyl (C=O) groups excluding carboxylic acids is 1. The highest BCUT2D eigenvalue weighted by molar-refractivity contribution is 5.72. The number of hydrogen-bond acceptors (Lipinski definition) is 2. The van der Waals surface area contributed by atoms with Crippen LogP contribution in [0.15, 0.2) is 0 Å². The summed E-state index contributed by atoms with van der Waals surface area (Å²) in [5.41, 5.74) is 0. The molecule has 1 rings (SSSR count). The lowest BCUT2D eigenvalue weighted by atomic mass is 10.1. The van der Waals surface area contributed by atoms with E-state index >= 15 is 0 Å². The number of hydrogen-bond donors (Lipinski definition) is 1. The van der Waals surface area contributed by atoms with Crippen molar-refractivity contribution in [1.82, 2.24) is 5.32 Å². The molecular weight excluding hydrogens is 142 g/mol. The molecule has 1 amide bonds. The normalized spacial score (nSPS) is 15.9. The summed E-state index contributed by atoms with van der Waals surface area (Å²) in [6.45, 7) is 7.91. The zero-order chi connectivity index (χ0) is 8.69. The van der Waals surface area contributed by atoms with Crippen LogP contribution >= 0.6 is 0 Å². The molecule has 1 aliphatic rings. The Kier molecular flexibility index (Phi) is 5.84. The van der Waals surface area contributed by atoms with Gasteiger partial charge in [0.05, 0.1) is 13.2 Å². The number of carbonyl (C=O) groups is 1. The number of ether oxygens (including phenoxy) is 1. The predicted octanol–water partition coefficient (Wildman–Crippen LogP) is 0.795. The van der Waals surface area contributed by atoms with Crippen LogP contribution < -0.4 is 5.32 Å². The smallest absolute Gasteiger partial charge is 0.216 e. The Morgan fingerprint density at radius 1 is 1.55 bits per heavy atom. The molecule has 1 N–H and O–H groups in total. The summed E-state index contributed by atoms with van der Waals surface area (Å²) in [7, 11) is 0. The molecule has 0 bridgehead atoms. The van der Waals surface area contributed by atoms with E-state index in [2.05, 4.69) is 5.32 Å². The van der Waals surface area contributed by atoms with E-state index < -0.39 is 0 Å². The molecule has 0 atom stereocenters. The quantitative estimate of drug-likeness (QED) is 0.647. The number of nitrogens with one attached hydrogen (secondary N) is 1. The molecule has 0 aliphatic carbocycles. The van der Waals surface area contributed by atoms with E-state index in [1.807, 2.05) is 13.8 Å². The van der Waals surface area contributed by atoms with E-state index in [9.17, 15) is 4.79 Å². The van der Waals surface area contributed by atoms with Crippen LogP contribution in [0, 0.1) is 5.92 Å². The van der Waals surface area contributed by atoms with Crippen molar-refractivity contribution in [1.29, 1.82) is 0 Å². The van der Waals surface area contributed by atoms with E-state index in [-0.39, 0.29) is 5.91 Å². The second kappa shape index (κ2) is 6.16. The minimum absolute atomic E-state index is 0.0434. The Morgan fingerprint density at radius 2 is 2.09 bits per heavy atom. The summed E-state index contributed by atoms with van der Waals surface area (Å²) in [4.78, 5) is 10.3. The second-order valence-electron chi connectivity index (χ2n) is 2.34. The highest BCUT2D eigenvalue weighted by Crippen LogP contribution is 2.07. The standard InChI is InChI=1S/C6H11NO2.C2H6/c1-5(8)7-2-6-3-9-4-6;1-2/h6H,2-4H2,1H3,(H,7,8);1-2H3. The lowest BCUT2D eigenvalue weighted by molar-refractivity contribution is -0.120. The third kappa shape index (κ3) is 4.79. The van der Waals surface area contributed by atoms with E-state index in [0.29, 0.717) is 5.92 Å². The van der Waals surface area contributed by atoms with Gasteiger partial charge in [0.1, 0.15) is 0 Å². The van der Waals surface area contributed by atoms with Gasteiger partial charge in [-0.1, -0.05) is 13.8 Å². The van der Waals surface area contributed by atoms with E-state index in [1.165, 1.54) is 6.92 Å². The zero-order valence-corrected chi connectivity index (χ0v) is 7.52. The van der Waals surface area contributed by atoms with Gasteiger partial charge < -0.3 is 10.1 Å². The van der Waals surface area contributed by atoms with Crippen LogP contribution in [0.2, 0.25) is 0 Å². The second-order valence-corrected chi connectivity index (χ2v) is 2.34. The van der Waals surface area contributed by atoms with Gasteiger partial charge in [0.15, 0.2) is 0 Å². The molecule has 1 heterocycles. The van der Waals surface area contributed by atoms with E-state index in [4.69, 9.17) is 4.74 Å². The van der Waals surface area contributed by atoms with Gasteiger partial charge in [-0.15, -0.1) is 0 Å². The summed E-state index contributed by atoms with van der Waals surface area (Å²) in [5.74, 6) is 0.607. The van der Waals surface area contributed by atoms with Crippen molar-refractivity contribution >= 4 is 5.91 Å². The Bertz CT molecular complexity index is 111. The lowest BCUT2D eigenvalue weighted by Gasteiger charge is -2.25. The molecule has 0 aromatic carbocycles. The van der Waals surface area contributed by atoms with Crippen molar-refractivity contribution in [3.05, 3.63) is 0 Å². The Hall–Kier alpha value is -0.570. The van der Waals surface area contributed by atoms with Crippen LogP contribution in [0.4, 0.5) is 0 Å². The molecule has 66 valence electrons. The van der Waals surface area contributed by atoms with Gasteiger partial charge >= 0.3 is 0 Å². The predicted molar refractivity (Wildman–Crippen MR) is 44.3 cm³/mol. The van der Waals surface area contributed by atoms with Gasteiger partial charge in [0, 0.05) is 19.4 Å². The van der Waals surface area contributed by atoms with Crippen molar-refractivity contribution < 1.29 is 9.53 Å². The fourth-order valence-electron chi connectivity index (χ4n) is 0.690. The van der Waals surface area contributed by atoms with Crippen LogP contribution in [0.5, 0.6) is 0 Å². The van der Waals surface area contributed by atoms with Crippen molar-refractivity contribution in [2.45, 2.75) is 20.8 Å². The minimum Gasteiger partial charge on any atom is -0.381 e. The van der Waals surface area contributed by atoms with E-state index in [1.54, 1.807) is 0 Å². The molecule has 1 aliphatic heterocycles. The average molecular weight is 159 g/mol. The molecule has 0 aromatic rings. The summed E-state index contributed by atoms with van der Waals surface area (Å²) >= 11 is 0. The lowest BCUT2D eigenvalue weighted by Crippen LogP contribution is -2.38. The first-order valence-electron chi connectivity index (χ1n) is 4.11.